The van der Waals surface area contributed by atoms with Crippen LogP contribution in [0.2, 0.25) is 0 Å². The molecule has 1 aromatic rings. The highest BCUT2D eigenvalue weighted by Crippen LogP contribution is 2.21. The van der Waals surface area contributed by atoms with Crippen LogP contribution in [0.1, 0.15) is 49.8 Å². The van der Waals surface area contributed by atoms with Gasteiger partial charge in [0.1, 0.15) is 0 Å². The minimum atomic E-state index is 0.651. The van der Waals surface area contributed by atoms with E-state index < -0.39 is 0 Å². The summed E-state index contributed by atoms with van der Waals surface area (Å²) in [5.74, 6) is 0. The van der Waals surface area contributed by atoms with E-state index in [9.17, 15) is 0 Å². The van der Waals surface area contributed by atoms with Crippen molar-refractivity contribution in [1.29, 1.82) is 0 Å². The van der Waals surface area contributed by atoms with Gasteiger partial charge in [-0.15, -0.1) is 0 Å². The van der Waals surface area contributed by atoms with Gasteiger partial charge < -0.3 is 0 Å². The Morgan fingerprint density at radius 2 is 1.67 bits per heavy atom. The molecule has 2 atom stereocenters. The molecule has 0 amide bonds. The van der Waals surface area contributed by atoms with Crippen molar-refractivity contribution in [3.05, 3.63) is 34.9 Å². The largest absolute Gasteiger partial charge is 0.250 e. The summed E-state index contributed by atoms with van der Waals surface area (Å²) < 4.78 is 0. The van der Waals surface area contributed by atoms with Crippen molar-refractivity contribution in [3.8, 4) is 0 Å². The Morgan fingerprint density at radius 3 is 2.22 bits per heavy atom. The van der Waals surface area contributed by atoms with Crippen molar-refractivity contribution in [2.75, 3.05) is 0 Å². The van der Waals surface area contributed by atoms with Gasteiger partial charge in [0.15, 0.2) is 0 Å². The molecule has 2 heteroatoms. The fourth-order valence-electron chi connectivity index (χ4n) is 3.03. The molecule has 0 bridgehead atoms. The van der Waals surface area contributed by atoms with Crippen LogP contribution in [0, 0.1) is 13.8 Å². The maximum atomic E-state index is 3.65. The zero-order chi connectivity index (χ0) is 13.1. The lowest BCUT2D eigenvalue weighted by molar-refractivity contribution is 0.0434. The third-order valence-electron chi connectivity index (χ3n) is 4.28. The van der Waals surface area contributed by atoms with E-state index in [-0.39, 0.29) is 0 Å². The molecule has 1 aliphatic rings. The summed E-state index contributed by atoms with van der Waals surface area (Å²) in [5, 5.41) is 2.45. The van der Waals surface area contributed by atoms with Crippen LogP contribution in [0.15, 0.2) is 18.2 Å². The van der Waals surface area contributed by atoms with Gasteiger partial charge in [0.25, 0.3) is 0 Å². The Bertz CT molecular complexity index is 370. The number of hydrazine groups is 1. The monoisotopic (exact) mass is 246 g/mol. The maximum absolute atomic E-state index is 3.65. The number of hydrogen-bond acceptors (Lipinski definition) is 2. The third kappa shape index (κ3) is 2.93. The summed E-state index contributed by atoms with van der Waals surface area (Å²) >= 11 is 0. The SMILES string of the molecule is Cc1cccc(C)c1CNN1C(C)CCCC1C. The molecule has 18 heavy (non-hydrogen) atoms. The van der Waals surface area contributed by atoms with Gasteiger partial charge in [0, 0.05) is 18.6 Å². The molecule has 100 valence electrons. The topological polar surface area (TPSA) is 15.3 Å². The lowest BCUT2D eigenvalue weighted by Crippen LogP contribution is -2.51. The first-order valence-electron chi connectivity index (χ1n) is 7.16. The molecule has 1 fully saturated rings. The molecule has 1 saturated heterocycles. The highest BCUT2D eigenvalue weighted by molar-refractivity contribution is 5.33. The van der Waals surface area contributed by atoms with Crippen molar-refractivity contribution < 1.29 is 0 Å². The fourth-order valence-corrected chi connectivity index (χ4v) is 3.03. The van der Waals surface area contributed by atoms with Crippen LogP contribution < -0.4 is 5.43 Å². The predicted molar refractivity (Wildman–Crippen MR) is 77.4 cm³/mol. The van der Waals surface area contributed by atoms with Gasteiger partial charge in [-0.25, -0.2) is 5.01 Å². The molecule has 1 aromatic carbocycles. The van der Waals surface area contributed by atoms with Gasteiger partial charge in [-0.2, -0.15) is 0 Å². The zero-order valence-electron chi connectivity index (χ0n) is 12.2. The highest BCUT2D eigenvalue weighted by atomic mass is 15.5. The first-order chi connectivity index (χ1) is 8.59. The first kappa shape index (κ1) is 13.6. The second-order valence-corrected chi connectivity index (χ2v) is 5.74. The van der Waals surface area contributed by atoms with Gasteiger partial charge >= 0.3 is 0 Å². The summed E-state index contributed by atoms with van der Waals surface area (Å²) in [6.07, 6.45) is 3.98. The second kappa shape index (κ2) is 5.85. The Labute approximate surface area is 111 Å². The van der Waals surface area contributed by atoms with E-state index in [0.717, 1.165) is 6.54 Å². The molecular formula is C16H26N2. The van der Waals surface area contributed by atoms with Crippen molar-refractivity contribution in [1.82, 2.24) is 10.4 Å². The maximum Gasteiger partial charge on any atom is 0.0358 e. The van der Waals surface area contributed by atoms with E-state index in [2.05, 4.69) is 56.3 Å². The molecule has 0 saturated carbocycles. The van der Waals surface area contributed by atoms with Crippen LogP contribution in [0.5, 0.6) is 0 Å². The third-order valence-corrected chi connectivity index (χ3v) is 4.28. The highest BCUT2D eigenvalue weighted by Gasteiger charge is 2.24. The minimum Gasteiger partial charge on any atom is -0.250 e. The number of benzene rings is 1. The number of hydrogen-bond donors (Lipinski definition) is 1. The predicted octanol–water partition coefficient (Wildman–Crippen LogP) is 3.57. The van der Waals surface area contributed by atoms with Crippen LogP contribution in [0.4, 0.5) is 0 Å². The van der Waals surface area contributed by atoms with Gasteiger partial charge in [-0.05, 0) is 57.2 Å². The second-order valence-electron chi connectivity index (χ2n) is 5.74. The number of rotatable bonds is 3. The molecule has 0 spiro atoms. The van der Waals surface area contributed by atoms with E-state index in [0.29, 0.717) is 12.1 Å². The Kier molecular flexibility index (Phi) is 4.41. The molecule has 0 aromatic heterocycles. The number of nitrogens with one attached hydrogen (secondary N) is 1. The average Bonchev–Trinajstić information content (AvgIpc) is 2.31. The van der Waals surface area contributed by atoms with Crippen LogP contribution in [0.3, 0.4) is 0 Å². The van der Waals surface area contributed by atoms with Crippen molar-refractivity contribution in [3.63, 3.8) is 0 Å². The van der Waals surface area contributed by atoms with Crippen LogP contribution >= 0.6 is 0 Å². The molecule has 0 aliphatic carbocycles. The summed E-state index contributed by atoms with van der Waals surface area (Å²) in [4.78, 5) is 0. The summed E-state index contributed by atoms with van der Waals surface area (Å²) in [6.45, 7) is 10.0. The van der Waals surface area contributed by atoms with E-state index in [1.54, 1.807) is 0 Å². The number of aryl methyl sites for hydroxylation is 2. The average molecular weight is 246 g/mol. The minimum absolute atomic E-state index is 0.651. The van der Waals surface area contributed by atoms with Crippen LogP contribution in [0.25, 0.3) is 0 Å². The van der Waals surface area contributed by atoms with E-state index in [1.807, 2.05) is 0 Å². The summed E-state index contributed by atoms with van der Waals surface area (Å²) in [5.41, 5.74) is 7.88. The Balaban J connectivity index is 2.02. The fraction of sp³-hybridized carbons (Fsp3) is 0.625. The quantitative estimate of drug-likeness (QED) is 0.877. The molecule has 0 radical (unpaired) electrons. The Morgan fingerprint density at radius 1 is 1.11 bits per heavy atom. The van der Waals surface area contributed by atoms with Crippen LogP contribution in [-0.4, -0.2) is 17.1 Å². The molecule has 2 nitrogen and oxygen atoms in total. The molecule has 1 aliphatic heterocycles. The molecule has 1 N–H and O–H groups in total. The van der Waals surface area contributed by atoms with Crippen molar-refractivity contribution in [2.24, 2.45) is 0 Å². The van der Waals surface area contributed by atoms with Gasteiger partial charge in [0.2, 0.25) is 0 Å². The van der Waals surface area contributed by atoms with Gasteiger partial charge in [-0.3, -0.25) is 5.43 Å². The van der Waals surface area contributed by atoms with Crippen molar-refractivity contribution in [2.45, 2.75) is 65.6 Å². The smallest absolute Gasteiger partial charge is 0.0358 e. The van der Waals surface area contributed by atoms with E-state index in [4.69, 9.17) is 0 Å². The summed E-state index contributed by atoms with van der Waals surface area (Å²) in [7, 11) is 0. The normalized spacial score (nSPS) is 25.3. The van der Waals surface area contributed by atoms with E-state index >= 15 is 0 Å². The number of piperidine rings is 1. The summed E-state index contributed by atoms with van der Waals surface area (Å²) in [6, 6.07) is 7.84. The van der Waals surface area contributed by atoms with E-state index in [1.165, 1.54) is 36.0 Å². The standard InChI is InChI=1S/C16H26N2/c1-12-7-5-8-13(2)16(12)11-17-18-14(3)9-6-10-15(18)4/h5,7-8,14-15,17H,6,9-11H2,1-4H3. The molecule has 2 unspecified atom stereocenters. The van der Waals surface area contributed by atoms with Gasteiger partial charge in [-0.1, -0.05) is 24.6 Å². The molecular weight excluding hydrogens is 220 g/mol. The first-order valence-corrected chi connectivity index (χ1v) is 7.16. The van der Waals surface area contributed by atoms with Crippen LogP contribution in [-0.2, 0) is 6.54 Å². The molecule has 1 heterocycles. The molecule has 2 rings (SSSR count). The van der Waals surface area contributed by atoms with Crippen molar-refractivity contribution >= 4 is 0 Å². The Hall–Kier alpha value is -0.860. The zero-order valence-corrected chi connectivity index (χ0v) is 12.2. The lowest BCUT2D eigenvalue weighted by Gasteiger charge is -2.39. The lowest BCUT2D eigenvalue weighted by atomic mass is 9.99. The number of nitrogens with zero attached hydrogens (tertiary/aromatic N) is 1. The van der Waals surface area contributed by atoms with Gasteiger partial charge in [0.05, 0.1) is 0 Å².